The van der Waals surface area contributed by atoms with Crippen LogP contribution in [0.5, 0.6) is 0 Å². The van der Waals surface area contributed by atoms with Crippen LogP contribution in [0.4, 0.5) is 0 Å². The molecule has 4 fully saturated rings. The Balaban J connectivity index is 1.39. The third-order valence-electron chi connectivity index (χ3n) is 10.2. The highest BCUT2D eigenvalue weighted by Gasteiger charge is 2.68. The summed E-state index contributed by atoms with van der Waals surface area (Å²) in [5, 5.41) is 9.31. The van der Waals surface area contributed by atoms with Gasteiger partial charge in [-0.2, -0.15) is 0 Å². The van der Waals surface area contributed by atoms with E-state index in [-0.39, 0.29) is 34.9 Å². The molecule has 0 aromatic heterocycles. The van der Waals surface area contributed by atoms with Crippen LogP contribution in [0.1, 0.15) is 90.7 Å². The van der Waals surface area contributed by atoms with Gasteiger partial charge in [-0.25, -0.2) is 0 Å². The maximum Gasteiger partial charge on any atom is 0.481 e. The van der Waals surface area contributed by atoms with E-state index in [1.54, 1.807) is 7.05 Å². The monoisotopic (exact) mass is 595 g/mol. The molecule has 5 N–H and O–H groups in total. The first-order valence-electron chi connectivity index (χ1n) is 16.3. The molecule has 1 heterocycles. The predicted octanol–water partition coefficient (Wildman–Crippen LogP) is 3.92. The third-order valence-corrected chi connectivity index (χ3v) is 10.2. The number of nitrogens with one attached hydrogen (secondary N) is 3. The van der Waals surface area contributed by atoms with Crippen molar-refractivity contribution in [3.63, 3.8) is 0 Å². The first kappa shape index (κ1) is 33.3. The maximum absolute atomic E-state index is 13.8. The molecule has 1 aromatic carbocycles. The number of benzene rings is 1. The van der Waals surface area contributed by atoms with Crippen LogP contribution in [0.25, 0.3) is 0 Å². The first-order chi connectivity index (χ1) is 20.3. The highest BCUT2D eigenvalue weighted by atomic mass is 16.7. The fourth-order valence-corrected chi connectivity index (χ4v) is 7.45. The highest BCUT2D eigenvalue weighted by molar-refractivity contribution is 6.48. The van der Waals surface area contributed by atoms with Gasteiger partial charge in [0, 0.05) is 20.0 Å². The van der Waals surface area contributed by atoms with Gasteiger partial charge in [-0.15, -0.1) is 0 Å². The fraction of sp³-hybridized carbons (Fsp3) is 0.727. The number of hydrogen-bond acceptors (Lipinski definition) is 5. The summed E-state index contributed by atoms with van der Waals surface area (Å²) < 4.78 is 13.3. The average Bonchev–Trinajstić information content (AvgIpc) is 3.32. The number of nitrogens with zero attached hydrogens (tertiary/aromatic N) is 1. The number of carbonyl (C=O) groups excluding carboxylic acids is 2. The van der Waals surface area contributed by atoms with Gasteiger partial charge in [-0.05, 0) is 87.5 Å². The van der Waals surface area contributed by atoms with Gasteiger partial charge in [0.2, 0.25) is 11.8 Å². The first-order valence-corrected chi connectivity index (χ1v) is 16.3. The van der Waals surface area contributed by atoms with Crippen LogP contribution in [0.15, 0.2) is 29.3 Å². The zero-order chi connectivity index (χ0) is 31.4. The van der Waals surface area contributed by atoms with Gasteiger partial charge in [0.1, 0.15) is 6.04 Å². The second-order valence-electron chi connectivity index (χ2n) is 14.2. The summed E-state index contributed by atoms with van der Waals surface area (Å²) in [7, 11) is 1.11. The Kier molecular flexibility index (Phi) is 10.9. The molecule has 0 radical (unpaired) electrons. The predicted molar refractivity (Wildman–Crippen MR) is 172 cm³/mol. The molecule has 43 heavy (non-hydrogen) atoms. The van der Waals surface area contributed by atoms with Crippen molar-refractivity contribution in [2.24, 2.45) is 33.9 Å². The molecule has 4 aliphatic rings. The Morgan fingerprint density at radius 2 is 1.84 bits per heavy atom. The van der Waals surface area contributed by atoms with E-state index in [1.165, 1.54) is 17.5 Å². The summed E-state index contributed by atoms with van der Waals surface area (Å²) >= 11 is 0. The van der Waals surface area contributed by atoms with Gasteiger partial charge in [-0.3, -0.25) is 14.6 Å². The fourth-order valence-electron chi connectivity index (χ4n) is 7.45. The molecule has 6 atom stereocenters. The van der Waals surface area contributed by atoms with Crippen molar-refractivity contribution in [1.29, 1.82) is 0 Å². The minimum Gasteiger partial charge on any atom is -0.404 e. The van der Waals surface area contributed by atoms with Gasteiger partial charge in [0.25, 0.3) is 0 Å². The molecule has 9 nitrogen and oxygen atoms in total. The van der Waals surface area contributed by atoms with E-state index in [9.17, 15) is 9.59 Å². The van der Waals surface area contributed by atoms with Crippen molar-refractivity contribution in [2.45, 2.75) is 117 Å². The molecule has 3 saturated carbocycles. The molecular formula is C33H54BN5O4. The standard InChI is InChI=1S/C33H54BN5O4/c1-21(2)18-28(34-42-27-20-24-19-26(32(24,4)5)33(27,6)43-34)39-30(41)25(11-9-17-37-31(35)36-7)38-29(40)12-8-10-23-15-13-22(3)14-16-23/h13-16,21,24-28H,8-12,17-20H2,1-7H3,(H,38,40)(H,39,41)(H3,35,36,37)/t24-,25-,26-,27+,28-,33-/m0/s1. The smallest absolute Gasteiger partial charge is 0.404 e. The highest BCUT2D eigenvalue weighted by Crippen LogP contribution is 2.65. The second kappa shape index (κ2) is 14.0. The molecule has 238 valence electrons. The van der Waals surface area contributed by atoms with E-state index in [0.29, 0.717) is 55.9 Å². The van der Waals surface area contributed by atoms with Crippen LogP contribution < -0.4 is 21.7 Å². The summed E-state index contributed by atoms with van der Waals surface area (Å²) in [6.45, 7) is 13.8. The number of aryl methyl sites for hydroxylation is 2. The molecule has 5 rings (SSSR count). The average molecular weight is 596 g/mol. The van der Waals surface area contributed by atoms with Gasteiger partial charge < -0.3 is 31.0 Å². The summed E-state index contributed by atoms with van der Waals surface area (Å²) in [6, 6.07) is 7.71. The molecule has 0 unspecified atom stereocenters. The lowest BCUT2D eigenvalue weighted by atomic mass is 9.43. The Labute approximate surface area is 259 Å². The maximum atomic E-state index is 13.8. The van der Waals surface area contributed by atoms with Gasteiger partial charge in [0.05, 0.1) is 17.6 Å². The van der Waals surface area contributed by atoms with E-state index in [2.05, 4.69) is 86.8 Å². The van der Waals surface area contributed by atoms with Gasteiger partial charge >= 0.3 is 7.12 Å². The molecule has 1 aromatic rings. The summed E-state index contributed by atoms with van der Waals surface area (Å²) in [4.78, 5) is 30.8. The normalized spacial score (nSPS) is 27.2. The molecule has 2 amide bonds. The summed E-state index contributed by atoms with van der Waals surface area (Å²) in [6.07, 6.45) is 5.94. The lowest BCUT2D eigenvalue weighted by Crippen LogP contribution is -2.65. The minimum absolute atomic E-state index is 0.0432. The van der Waals surface area contributed by atoms with E-state index in [0.717, 1.165) is 19.3 Å². The van der Waals surface area contributed by atoms with Crippen LogP contribution in [-0.4, -0.2) is 62.2 Å². The zero-order valence-electron chi connectivity index (χ0n) is 27.4. The Bertz CT molecular complexity index is 1140. The van der Waals surface area contributed by atoms with E-state index in [4.69, 9.17) is 15.0 Å². The molecule has 10 heteroatoms. The van der Waals surface area contributed by atoms with Crippen molar-refractivity contribution in [3.05, 3.63) is 35.4 Å². The van der Waals surface area contributed by atoms with Crippen LogP contribution >= 0.6 is 0 Å². The van der Waals surface area contributed by atoms with Gasteiger partial charge in [-0.1, -0.05) is 57.5 Å². The zero-order valence-corrected chi connectivity index (χ0v) is 27.4. The number of rotatable bonds is 14. The lowest BCUT2D eigenvalue weighted by Gasteiger charge is -2.64. The number of hydrogen-bond donors (Lipinski definition) is 4. The summed E-state index contributed by atoms with van der Waals surface area (Å²) in [5.41, 5.74) is 8.10. The quantitative estimate of drug-likeness (QED) is 0.112. The number of aliphatic imine (C=N–C) groups is 1. The van der Waals surface area contributed by atoms with Crippen molar-refractivity contribution >= 4 is 24.9 Å². The molecular weight excluding hydrogens is 541 g/mol. The molecule has 3 aliphatic carbocycles. The third kappa shape index (κ3) is 7.93. The largest absolute Gasteiger partial charge is 0.481 e. The molecule has 1 aliphatic heterocycles. The number of amides is 2. The lowest BCUT2D eigenvalue weighted by molar-refractivity contribution is -0.199. The minimum atomic E-state index is -0.672. The summed E-state index contributed by atoms with van der Waals surface area (Å²) in [5.74, 6) is 1.15. The van der Waals surface area contributed by atoms with E-state index in [1.807, 2.05) is 0 Å². The molecule has 2 bridgehead atoms. The SMILES string of the molecule is CN=C(N)NCCC[C@H](NC(=O)CCCc1ccc(C)cc1)C(=O)N[C@@H](CC(C)C)B1O[C@@H]2C[C@@H]3C[C@@H](C3(C)C)[C@]2(C)O1. The number of carbonyl (C=O) groups is 2. The van der Waals surface area contributed by atoms with Crippen LogP contribution in [-0.2, 0) is 25.3 Å². The van der Waals surface area contributed by atoms with Crippen LogP contribution in [0.2, 0.25) is 0 Å². The molecule has 0 spiro atoms. The van der Waals surface area contributed by atoms with Crippen molar-refractivity contribution in [2.75, 3.05) is 13.6 Å². The van der Waals surface area contributed by atoms with Crippen LogP contribution in [0.3, 0.4) is 0 Å². The van der Waals surface area contributed by atoms with Crippen LogP contribution in [0, 0.1) is 30.1 Å². The van der Waals surface area contributed by atoms with Crippen molar-refractivity contribution in [3.8, 4) is 0 Å². The van der Waals surface area contributed by atoms with E-state index < -0.39 is 13.2 Å². The number of nitrogens with two attached hydrogens (primary N) is 1. The van der Waals surface area contributed by atoms with Crippen molar-refractivity contribution in [1.82, 2.24) is 16.0 Å². The van der Waals surface area contributed by atoms with E-state index >= 15 is 0 Å². The number of guanidine groups is 1. The molecule has 1 saturated heterocycles. The Morgan fingerprint density at radius 3 is 2.49 bits per heavy atom. The van der Waals surface area contributed by atoms with Crippen molar-refractivity contribution < 1.29 is 18.9 Å². The topological polar surface area (TPSA) is 127 Å². The Morgan fingerprint density at radius 1 is 1.12 bits per heavy atom. The Hall–Kier alpha value is -2.59. The van der Waals surface area contributed by atoms with Gasteiger partial charge in [0.15, 0.2) is 5.96 Å². The second-order valence-corrected chi connectivity index (χ2v) is 14.2.